The lowest BCUT2D eigenvalue weighted by Gasteiger charge is -2.27. The third-order valence-corrected chi connectivity index (χ3v) is 6.68. The smallest absolute Gasteiger partial charge is 0.255 e. The Labute approximate surface area is 184 Å². The molecule has 0 amide bonds. The van der Waals surface area contributed by atoms with E-state index in [1.54, 1.807) is 18.4 Å². The standard InChI is InChI=1S/C23H25N5O2S/c1-30-16-7-5-15(6-8-16)20-14-31-21(25-20)13-28-11-9-18-17(12-28)23(29)27-22(26-18)19-4-2-3-10-24-19/h5-8,14H,2-4,9-13H2,1H3,(H,26,27,29). The van der Waals surface area contributed by atoms with Crippen LogP contribution in [0, 0.1) is 0 Å². The summed E-state index contributed by atoms with van der Waals surface area (Å²) >= 11 is 1.65. The fraction of sp³-hybridized carbons (Fsp3) is 0.391. The van der Waals surface area contributed by atoms with Gasteiger partial charge in [0.25, 0.3) is 5.56 Å². The Balaban J connectivity index is 1.29. The Kier molecular flexibility index (Phi) is 5.65. The number of aromatic nitrogens is 3. The lowest BCUT2D eigenvalue weighted by molar-refractivity contribution is 0.241. The van der Waals surface area contributed by atoms with Gasteiger partial charge in [-0.05, 0) is 43.5 Å². The monoisotopic (exact) mass is 435 g/mol. The van der Waals surface area contributed by atoms with Crippen LogP contribution >= 0.6 is 11.3 Å². The third kappa shape index (κ3) is 4.31. The second-order valence-electron chi connectivity index (χ2n) is 7.94. The Morgan fingerprint density at radius 1 is 1.16 bits per heavy atom. The minimum Gasteiger partial charge on any atom is -0.497 e. The molecule has 160 valence electrons. The van der Waals surface area contributed by atoms with Crippen molar-refractivity contribution in [1.82, 2.24) is 19.9 Å². The van der Waals surface area contributed by atoms with E-state index in [9.17, 15) is 4.79 Å². The van der Waals surface area contributed by atoms with Gasteiger partial charge in [0.2, 0.25) is 0 Å². The van der Waals surface area contributed by atoms with E-state index >= 15 is 0 Å². The van der Waals surface area contributed by atoms with E-state index in [1.165, 1.54) is 0 Å². The van der Waals surface area contributed by atoms with Crippen LogP contribution in [0.5, 0.6) is 5.75 Å². The van der Waals surface area contributed by atoms with Crippen LogP contribution in [0.2, 0.25) is 0 Å². The first kappa shape index (κ1) is 20.1. The average molecular weight is 436 g/mol. The summed E-state index contributed by atoms with van der Waals surface area (Å²) in [5.41, 5.74) is 4.65. The first-order valence-corrected chi connectivity index (χ1v) is 11.5. The Hall–Kier alpha value is -2.84. The summed E-state index contributed by atoms with van der Waals surface area (Å²) in [6, 6.07) is 7.94. The molecule has 31 heavy (non-hydrogen) atoms. The van der Waals surface area contributed by atoms with Crippen molar-refractivity contribution >= 4 is 17.0 Å². The van der Waals surface area contributed by atoms with E-state index in [-0.39, 0.29) is 5.56 Å². The van der Waals surface area contributed by atoms with Crippen LogP contribution < -0.4 is 10.3 Å². The molecule has 0 atom stereocenters. The number of nitrogens with zero attached hydrogens (tertiary/aromatic N) is 4. The largest absolute Gasteiger partial charge is 0.497 e. The molecule has 2 aromatic heterocycles. The van der Waals surface area contributed by atoms with Crippen LogP contribution in [0.4, 0.5) is 0 Å². The summed E-state index contributed by atoms with van der Waals surface area (Å²) in [6.45, 7) is 3.03. The molecule has 0 spiro atoms. The number of aliphatic imine (C=N–C) groups is 1. The number of methoxy groups -OCH3 is 1. The highest BCUT2D eigenvalue weighted by molar-refractivity contribution is 7.09. The second kappa shape index (κ2) is 8.72. The maximum atomic E-state index is 12.8. The molecule has 3 aromatic rings. The molecule has 7 nitrogen and oxygen atoms in total. The molecule has 0 bridgehead atoms. The minimum absolute atomic E-state index is 0.0314. The van der Waals surface area contributed by atoms with Crippen molar-refractivity contribution in [2.75, 3.05) is 20.2 Å². The molecule has 1 N–H and O–H groups in total. The zero-order valence-corrected chi connectivity index (χ0v) is 18.4. The molecule has 2 aliphatic rings. The van der Waals surface area contributed by atoms with E-state index in [2.05, 4.69) is 20.3 Å². The zero-order valence-electron chi connectivity index (χ0n) is 17.6. The molecular weight excluding hydrogens is 410 g/mol. The summed E-state index contributed by atoms with van der Waals surface area (Å²) in [6.07, 6.45) is 3.90. The van der Waals surface area contributed by atoms with E-state index < -0.39 is 0 Å². The Bertz CT molecular complexity index is 1170. The number of fused-ring (bicyclic) bond motifs is 1. The van der Waals surface area contributed by atoms with Crippen LogP contribution in [0.1, 0.15) is 41.4 Å². The number of hydrogen-bond donors (Lipinski definition) is 1. The van der Waals surface area contributed by atoms with Crippen molar-refractivity contribution in [2.45, 2.75) is 38.8 Å². The molecule has 5 rings (SSSR count). The lowest BCUT2D eigenvalue weighted by atomic mass is 10.1. The molecule has 8 heteroatoms. The Morgan fingerprint density at radius 2 is 2.03 bits per heavy atom. The molecule has 4 heterocycles. The Morgan fingerprint density at radius 3 is 2.81 bits per heavy atom. The SMILES string of the molecule is COc1ccc(-c2csc(CN3CCc4nc(C5=NCCCC5)[nH]c(=O)c4C3)n2)cc1. The fourth-order valence-corrected chi connectivity index (χ4v) is 4.96. The van der Waals surface area contributed by atoms with Gasteiger partial charge in [-0.25, -0.2) is 9.97 Å². The maximum Gasteiger partial charge on any atom is 0.255 e. The lowest BCUT2D eigenvalue weighted by Crippen LogP contribution is -2.36. The summed E-state index contributed by atoms with van der Waals surface area (Å²) in [7, 11) is 1.66. The van der Waals surface area contributed by atoms with Crippen LogP contribution in [0.25, 0.3) is 11.3 Å². The van der Waals surface area contributed by atoms with Crippen LogP contribution in [-0.4, -0.2) is 45.8 Å². The van der Waals surface area contributed by atoms with Gasteiger partial charge < -0.3 is 9.72 Å². The van der Waals surface area contributed by atoms with Gasteiger partial charge in [0.1, 0.15) is 10.8 Å². The van der Waals surface area contributed by atoms with Crippen LogP contribution in [-0.2, 0) is 19.5 Å². The minimum atomic E-state index is -0.0314. The van der Waals surface area contributed by atoms with Gasteiger partial charge in [-0.15, -0.1) is 11.3 Å². The number of hydrogen-bond acceptors (Lipinski definition) is 7. The first-order valence-electron chi connectivity index (χ1n) is 10.7. The summed E-state index contributed by atoms with van der Waals surface area (Å²) < 4.78 is 5.23. The number of rotatable bonds is 5. The van der Waals surface area contributed by atoms with E-state index in [0.29, 0.717) is 12.4 Å². The number of aromatic amines is 1. The summed E-state index contributed by atoms with van der Waals surface area (Å²) in [4.78, 5) is 32.1. The average Bonchev–Trinajstić information content (AvgIpc) is 3.28. The van der Waals surface area contributed by atoms with Gasteiger partial charge >= 0.3 is 0 Å². The summed E-state index contributed by atoms with van der Waals surface area (Å²) in [5, 5.41) is 3.13. The van der Waals surface area contributed by atoms with E-state index in [1.807, 2.05) is 24.3 Å². The van der Waals surface area contributed by atoms with Crippen molar-refractivity contribution in [3.63, 3.8) is 0 Å². The fourth-order valence-electron chi connectivity index (χ4n) is 4.11. The van der Waals surface area contributed by atoms with Crippen molar-refractivity contribution in [1.29, 1.82) is 0 Å². The molecule has 0 unspecified atom stereocenters. The molecule has 2 aliphatic heterocycles. The highest BCUT2D eigenvalue weighted by Gasteiger charge is 2.23. The van der Waals surface area contributed by atoms with Gasteiger partial charge in [-0.2, -0.15) is 0 Å². The zero-order chi connectivity index (χ0) is 21.2. The highest BCUT2D eigenvalue weighted by Crippen LogP contribution is 2.26. The molecule has 0 saturated heterocycles. The van der Waals surface area contributed by atoms with Gasteiger partial charge in [-0.1, -0.05) is 0 Å². The predicted molar refractivity (Wildman–Crippen MR) is 122 cm³/mol. The van der Waals surface area contributed by atoms with Crippen molar-refractivity contribution < 1.29 is 4.74 Å². The number of ether oxygens (including phenoxy) is 1. The molecule has 0 fully saturated rings. The number of benzene rings is 1. The number of H-pyrrole nitrogens is 1. The summed E-state index contributed by atoms with van der Waals surface area (Å²) in [5.74, 6) is 1.50. The third-order valence-electron chi connectivity index (χ3n) is 5.84. The topological polar surface area (TPSA) is 83.5 Å². The predicted octanol–water partition coefficient (Wildman–Crippen LogP) is 3.43. The molecule has 0 aliphatic carbocycles. The van der Waals surface area contributed by atoms with Crippen LogP contribution in [0.15, 0.2) is 39.4 Å². The van der Waals surface area contributed by atoms with Crippen molar-refractivity contribution in [3.8, 4) is 17.0 Å². The van der Waals surface area contributed by atoms with Gasteiger partial charge in [0.15, 0.2) is 5.82 Å². The normalized spacial score (nSPS) is 16.6. The van der Waals surface area contributed by atoms with Crippen molar-refractivity contribution in [3.05, 3.63) is 62.1 Å². The van der Waals surface area contributed by atoms with E-state index in [0.717, 1.165) is 84.3 Å². The van der Waals surface area contributed by atoms with Gasteiger partial charge in [0.05, 0.1) is 36.3 Å². The highest BCUT2D eigenvalue weighted by atomic mass is 32.1. The maximum absolute atomic E-state index is 12.8. The molecular formula is C23H25N5O2S. The number of nitrogens with one attached hydrogen (secondary N) is 1. The second-order valence-corrected chi connectivity index (χ2v) is 8.88. The molecule has 0 radical (unpaired) electrons. The van der Waals surface area contributed by atoms with Crippen LogP contribution in [0.3, 0.4) is 0 Å². The first-order chi connectivity index (χ1) is 15.2. The quantitative estimate of drug-likeness (QED) is 0.664. The van der Waals surface area contributed by atoms with E-state index in [4.69, 9.17) is 14.7 Å². The van der Waals surface area contributed by atoms with Gasteiger partial charge in [-0.3, -0.25) is 14.7 Å². The molecule has 0 saturated carbocycles. The molecule has 1 aromatic carbocycles. The van der Waals surface area contributed by atoms with Crippen molar-refractivity contribution in [2.24, 2.45) is 4.99 Å². The van der Waals surface area contributed by atoms with Gasteiger partial charge in [0, 0.05) is 37.0 Å². The number of thiazole rings is 1.